The van der Waals surface area contributed by atoms with Crippen LogP contribution in [0.1, 0.15) is 16.6 Å². The maximum Gasteiger partial charge on any atom is 0.265 e. The molecule has 0 aromatic carbocycles. The molecule has 1 aromatic heterocycles. The van der Waals surface area contributed by atoms with Crippen LogP contribution in [0.25, 0.3) is 0 Å². The summed E-state index contributed by atoms with van der Waals surface area (Å²) in [6, 6.07) is 2.24. The summed E-state index contributed by atoms with van der Waals surface area (Å²) in [4.78, 5) is 16.1. The molecule has 0 fully saturated rings. The first-order valence-electron chi connectivity index (χ1n) is 5.84. The van der Waals surface area contributed by atoms with Crippen molar-refractivity contribution in [2.24, 2.45) is 0 Å². The Morgan fingerprint density at radius 1 is 1.44 bits per heavy atom. The number of nitrogens with one attached hydrogen (secondary N) is 1. The monoisotopic (exact) mass is 270 g/mol. The highest BCUT2D eigenvalue weighted by atomic mass is 32.1. The van der Waals surface area contributed by atoms with E-state index in [1.165, 1.54) is 16.2 Å². The number of nitrogens with two attached hydrogens (primary N) is 1. The summed E-state index contributed by atoms with van der Waals surface area (Å²) in [6.45, 7) is 2.96. The van der Waals surface area contributed by atoms with Crippen LogP contribution in [0.2, 0.25) is 0 Å². The number of thiophene rings is 1. The molecule has 1 atom stereocenters. The summed E-state index contributed by atoms with van der Waals surface area (Å²) < 4.78 is 0. The smallest absolute Gasteiger partial charge is 0.265 e. The highest BCUT2D eigenvalue weighted by Crippen LogP contribution is 2.29. The van der Waals surface area contributed by atoms with Crippen LogP contribution in [0.4, 0.5) is 10.7 Å². The van der Waals surface area contributed by atoms with Crippen molar-refractivity contribution in [3.8, 4) is 0 Å². The molecular formula is C12H22N4OS. The van der Waals surface area contributed by atoms with Crippen molar-refractivity contribution in [1.29, 1.82) is 0 Å². The first-order valence-corrected chi connectivity index (χ1v) is 6.65. The number of nitrogens with zero attached hydrogens (tertiary/aromatic N) is 2. The van der Waals surface area contributed by atoms with Crippen molar-refractivity contribution < 1.29 is 4.79 Å². The molecule has 3 N–H and O–H groups in total. The van der Waals surface area contributed by atoms with Crippen LogP contribution in [0, 0.1) is 0 Å². The Morgan fingerprint density at radius 3 is 2.56 bits per heavy atom. The average Bonchev–Trinajstić information content (AvgIpc) is 2.66. The molecule has 1 unspecified atom stereocenters. The number of hydrogen-bond acceptors (Lipinski definition) is 5. The zero-order chi connectivity index (χ0) is 13.9. The van der Waals surface area contributed by atoms with E-state index in [0.717, 1.165) is 11.5 Å². The van der Waals surface area contributed by atoms with Crippen molar-refractivity contribution in [1.82, 2.24) is 9.80 Å². The molecule has 0 bridgehead atoms. The van der Waals surface area contributed by atoms with Gasteiger partial charge in [-0.1, -0.05) is 0 Å². The minimum atomic E-state index is -0.0498. The number of likely N-dealkylation sites (N-methyl/N-ethyl adjacent to an activating group) is 1. The summed E-state index contributed by atoms with van der Waals surface area (Å²) in [5.74, 6) is -0.0498. The molecule has 0 saturated carbocycles. The normalized spacial score (nSPS) is 12.6. The SMILES string of the molecule is CC(CNc1cc(N)c(C(=O)N(C)C)s1)N(C)C. The number of carbonyl (C=O) groups excluding carboxylic acids is 1. The highest BCUT2D eigenvalue weighted by molar-refractivity contribution is 7.18. The first kappa shape index (κ1) is 14.8. The third kappa shape index (κ3) is 3.61. The van der Waals surface area contributed by atoms with Gasteiger partial charge in [0.15, 0.2) is 0 Å². The lowest BCUT2D eigenvalue weighted by atomic mass is 10.3. The zero-order valence-electron chi connectivity index (χ0n) is 11.7. The molecule has 5 nitrogen and oxygen atoms in total. The van der Waals surface area contributed by atoms with Crippen molar-refractivity contribution in [3.05, 3.63) is 10.9 Å². The second kappa shape index (κ2) is 6.06. The second-order valence-electron chi connectivity index (χ2n) is 4.79. The third-order valence-corrected chi connectivity index (χ3v) is 3.91. The quantitative estimate of drug-likeness (QED) is 0.849. The molecule has 18 heavy (non-hydrogen) atoms. The first-order chi connectivity index (χ1) is 8.32. The molecule has 0 radical (unpaired) electrons. The molecule has 102 valence electrons. The van der Waals surface area contributed by atoms with Gasteiger partial charge in [0.05, 0.1) is 10.7 Å². The number of hydrogen-bond donors (Lipinski definition) is 2. The molecule has 1 amide bonds. The molecule has 1 aromatic rings. The molecule has 0 saturated heterocycles. The molecule has 1 rings (SSSR count). The van der Waals surface area contributed by atoms with Gasteiger partial charge < -0.3 is 20.9 Å². The summed E-state index contributed by atoms with van der Waals surface area (Å²) >= 11 is 1.40. The van der Waals surface area contributed by atoms with Crippen LogP contribution in [0.5, 0.6) is 0 Å². The van der Waals surface area contributed by atoms with Gasteiger partial charge in [0, 0.05) is 26.7 Å². The highest BCUT2D eigenvalue weighted by Gasteiger charge is 2.16. The minimum absolute atomic E-state index is 0.0498. The van der Waals surface area contributed by atoms with Crippen LogP contribution in [-0.2, 0) is 0 Å². The standard InChI is InChI=1S/C12H22N4OS/c1-8(15(2)3)7-14-10-6-9(13)11(18-10)12(17)16(4)5/h6,8,14H,7,13H2,1-5H3. The molecule has 1 heterocycles. The Hall–Kier alpha value is -1.27. The lowest BCUT2D eigenvalue weighted by molar-refractivity contribution is 0.0833. The molecule has 0 aliphatic rings. The van der Waals surface area contributed by atoms with Gasteiger partial charge in [-0.25, -0.2) is 0 Å². The predicted molar refractivity (Wildman–Crippen MR) is 78.4 cm³/mol. The van der Waals surface area contributed by atoms with Crippen LogP contribution in [0.3, 0.4) is 0 Å². The summed E-state index contributed by atoms with van der Waals surface area (Å²) in [5.41, 5.74) is 6.40. The van der Waals surface area contributed by atoms with Gasteiger partial charge in [-0.05, 0) is 27.1 Å². The summed E-state index contributed by atoms with van der Waals surface area (Å²) in [6.07, 6.45) is 0. The van der Waals surface area contributed by atoms with Crippen molar-refractivity contribution in [2.45, 2.75) is 13.0 Å². The summed E-state index contributed by atoms with van der Waals surface area (Å²) in [5, 5.41) is 4.24. The van der Waals surface area contributed by atoms with E-state index in [-0.39, 0.29) is 5.91 Å². The Bertz CT molecular complexity index is 414. The number of nitrogen functional groups attached to an aromatic ring is 1. The van der Waals surface area contributed by atoms with Gasteiger partial charge in [0.25, 0.3) is 5.91 Å². The van der Waals surface area contributed by atoms with E-state index < -0.39 is 0 Å². The van der Waals surface area contributed by atoms with Crippen LogP contribution >= 0.6 is 11.3 Å². The van der Waals surface area contributed by atoms with E-state index in [0.29, 0.717) is 16.6 Å². The van der Waals surface area contributed by atoms with Gasteiger partial charge in [0.1, 0.15) is 4.88 Å². The van der Waals surface area contributed by atoms with Gasteiger partial charge >= 0.3 is 0 Å². The Kier molecular flexibility index (Phi) is 4.98. The zero-order valence-corrected chi connectivity index (χ0v) is 12.5. The van der Waals surface area contributed by atoms with Gasteiger partial charge in [-0.15, -0.1) is 11.3 Å². The number of carbonyl (C=O) groups is 1. The van der Waals surface area contributed by atoms with E-state index >= 15 is 0 Å². The topological polar surface area (TPSA) is 61.6 Å². The van der Waals surface area contributed by atoms with E-state index in [9.17, 15) is 4.79 Å². The van der Waals surface area contributed by atoms with E-state index in [2.05, 4.69) is 17.1 Å². The average molecular weight is 270 g/mol. The number of rotatable bonds is 5. The van der Waals surface area contributed by atoms with Crippen LogP contribution in [-0.4, -0.2) is 56.5 Å². The van der Waals surface area contributed by atoms with Gasteiger partial charge in [-0.3, -0.25) is 4.79 Å². The predicted octanol–water partition coefficient (Wildman–Crippen LogP) is 1.39. The van der Waals surface area contributed by atoms with Crippen LogP contribution in [0.15, 0.2) is 6.07 Å². The van der Waals surface area contributed by atoms with Crippen molar-refractivity contribution in [2.75, 3.05) is 45.8 Å². The lowest BCUT2D eigenvalue weighted by Gasteiger charge is -2.19. The minimum Gasteiger partial charge on any atom is -0.397 e. The van der Waals surface area contributed by atoms with Crippen LogP contribution < -0.4 is 11.1 Å². The fraction of sp³-hybridized carbons (Fsp3) is 0.583. The lowest BCUT2D eigenvalue weighted by Crippen LogP contribution is -2.31. The Morgan fingerprint density at radius 2 is 2.06 bits per heavy atom. The van der Waals surface area contributed by atoms with E-state index in [1.54, 1.807) is 14.1 Å². The number of anilines is 2. The van der Waals surface area contributed by atoms with Gasteiger partial charge in [0.2, 0.25) is 0 Å². The largest absolute Gasteiger partial charge is 0.397 e. The molecule has 6 heteroatoms. The molecule has 0 spiro atoms. The van der Waals surface area contributed by atoms with Gasteiger partial charge in [-0.2, -0.15) is 0 Å². The molecule has 0 aliphatic carbocycles. The van der Waals surface area contributed by atoms with Crippen molar-refractivity contribution in [3.63, 3.8) is 0 Å². The fourth-order valence-electron chi connectivity index (χ4n) is 1.29. The number of amides is 1. The third-order valence-electron chi connectivity index (χ3n) is 2.81. The molecular weight excluding hydrogens is 248 g/mol. The summed E-state index contributed by atoms with van der Waals surface area (Å²) in [7, 11) is 7.53. The Balaban J connectivity index is 2.70. The second-order valence-corrected chi connectivity index (χ2v) is 5.84. The van der Waals surface area contributed by atoms with E-state index in [1.807, 2.05) is 20.2 Å². The maximum atomic E-state index is 11.8. The van der Waals surface area contributed by atoms with Crippen molar-refractivity contribution >= 4 is 27.9 Å². The Labute approximate surface area is 113 Å². The van der Waals surface area contributed by atoms with E-state index in [4.69, 9.17) is 5.73 Å². The molecule has 0 aliphatic heterocycles. The maximum absolute atomic E-state index is 11.8. The fourth-order valence-corrected chi connectivity index (χ4v) is 2.30.